The van der Waals surface area contributed by atoms with Crippen LogP contribution in [0.15, 0.2) is 47.4 Å². The molecular formula is C19H23NO3S. The SMILES string of the molecule is COC(=O)CCCCCNC(=O)CSc1ccc2ccccc2c1. The molecule has 0 aromatic heterocycles. The van der Waals surface area contributed by atoms with E-state index in [2.05, 4.69) is 34.3 Å². The minimum Gasteiger partial charge on any atom is -0.469 e. The van der Waals surface area contributed by atoms with Gasteiger partial charge in [0.05, 0.1) is 12.9 Å². The number of unbranched alkanes of at least 4 members (excludes halogenated alkanes) is 2. The van der Waals surface area contributed by atoms with Gasteiger partial charge in [-0.25, -0.2) is 0 Å². The van der Waals surface area contributed by atoms with E-state index in [4.69, 9.17) is 0 Å². The van der Waals surface area contributed by atoms with Crippen LogP contribution >= 0.6 is 11.8 Å². The predicted octanol–water partition coefficient (Wildman–Crippen LogP) is 3.78. The van der Waals surface area contributed by atoms with Crippen molar-refractivity contribution in [1.82, 2.24) is 5.32 Å². The highest BCUT2D eigenvalue weighted by molar-refractivity contribution is 8.00. The minimum absolute atomic E-state index is 0.0427. The summed E-state index contributed by atoms with van der Waals surface area (Å²) in [7, 11) is 1.40. The van der Waals surface area contributed by atoms with Crippen molar-refractivity contribution in [1.29, 1.82) is 0 Å². The van der Waals surface area contributed by atoms with Crippen molar-refractivity contribution >= 4 is 34.4 Å². The van der Waals surface area contributed by atoms with Gasteiger partial charge in [-0.3, -0.25) is 9.59 Å². The molecule has 1 amide bonds. The molecule has 2 aromatic carbocycles. The van der Waals surface area contributed by atoms with Crippen molar-refractivity contribution in [3.63, 3.8) is 0 Å². The fraction of sp³-hybridized carbons (Fsp3) is 0.368. The standard InChI is InChI=1S/C19H23NO3S/c1-23-19(22)9-3-2-6-12-20-18(21)14-24-17-11-10-15-7-4-5-8-16(15)13-17/h4-5,7-8,10-11,13H,2-3,6,9,12,14H2,1H3,(H,20,21). The maximum atomic E-state index is 11.9. The third kappa shape index (κ3) is 6.24. The summed E-state index contributed by atoms with van der Waals surface area (Å²) in [5.74, 6) is 0.285. The Labute approximate surface area is 147 Å². The van der Waals surface area contributed by atoms with Crippen LogP contribution in [0.5, 0.6) is 0 Å². The topological polar surface area (TPSA) is 55.4 Å². The van der Waals surface area contributed by atoms with Crippen LogP contribution in [0.4, 0.5) is 0 Å². The molecule has 24 heavy (non-hydrogen) atoms. The Morgan fingerprint density at radius 2 is 1.83 bits per heavy atom. The molecule has 1 N–H and O–H groups in total. The van der Waals surface area contributed by atoms with Gasteiger partial charge < -0.3 is 10.1 Å². The molecule has 0 unspecified atom stereocenters. The van der Waals surface area contributed by atoms with Crippen molar-refractivity contribution in [2.24, 2.45) is 0 Å². The first-order valence-corrected chi connectivity index (χ1v) is 9.13. The fourth-order valence-corrected chi connectivity index (χ4v) is 3.13. The Morgan fingerprint density at radius 1 is 1.04 bits per heavy atom. The molecule has 0 saturated heterocycles. The molecule has 0 aliphatic heterocycles. The van der Waals surface area contributed by atoms with Crippen LogP contribution in [0.3, 0.4) is 0 Å². The van der Waals surface area contributed by atoms with E-state index in [0.29, 0.717) is 18.7 Å². The molecule has 0 heterocycles. The number of nitrogens with one attached hydrogen (secondary N) is 1. The quantitative estimate of drug-likeness (QED) is 0.427. The number of carbonyl (C=O) groups excluding carboxylic acids is 2. The summed E-state index contributed by atoms with van der Waals surface area (Å²) in [6.07, 6.45) is 3.03. The second kappa shape index (κ2) is 9.98. The highest BCUT2D eigenvalue weighted by atomic mass is 32.2. The summed E-state index contributed by atoms with van der Waals surface area (Å²) < 4.78 is 4.58. The first kappa shape index (κ1) is 18.3. The largest absolute Gasteiger partial charge is 0.469 e. The Kier molecular flexibility index (Phi) is 7.62. The van der Waals surface area contributed by atoms with Gasteiger partial charge in [-0.05, 0) is 35.7 Å². The summed E-state index contributed by atoms with van der Waals surface area (Å²) in [6.45, 7) is 0.651. The maximum absolute atomic E-state index is 11.9. The number of rotatable bonds is 9. The van der Waals surface area contributed by atoms with Gasteiger partial charge in [0.25, 0.3) is 0 Å². The third-order valence-electron chi connectivity index (χ3n) is 3.70. The van der Waals surface area contributed by atoms with Crippen molar-refractivity contribution in [3.05, 3.63) is 42.5 Å². The van der Waals surface area contributed by atoms with Gasteiger partial charge in [-0.2, -0.15) is 0 Å². The molecule has 0 aliphatic rings. The first-order chi connectivity index (χ1) is 11.7. The van der Waals surface area contributed by atoms with Gasteiger partial charge in [0.2, 0.25) is 5.91 Å². The monoisotopic (exact) mass is 345 g/mol. The van der Waals surface area contributed by atoms with Gasteiger partial charge in [0.15, 0.2) is 0 Å². The van der Waals surface area contributed by atoms with Crippen LogP contribution in [0.2, 0.25) is 0 Å². The van der Waals surface area contributed by atoms with Crippen LogP contribution in [0.1, 0.15) is 25.7 Å². The van der Waals surface area contributed by atoms with Crippen molar-refractivity contribution in [2.75, 3.05) is 19.4 Å². The number of methoxy groups -OCH3 is 1. The van der Waals surface area contributed by atoms with E-state index in [-0.39, 0.29) is 11.9 Å². The number of fused-ring (bicyclic) bond motifs is 1. The second-order valence-electron chi connectivity index (χ2n) is 5.53. The summed E-state index contributed by atoms with van der Waals surface area (Å²) in [4.78, 5) is 23.9. The Morgan fingerprint density at radius 3 is 2.62 bits per heavy atom. The van der Waals surface area contributed by atoms with E-state index < -0.39 is 0 Å². The summed E-state index contributed by atoms with van der Waals surface area (Å²) in [5, 5.41) is 5.31. The molecule has 0 aliphatic carbocycles. The smallest absolute Gasteiger partial charge is 0.305 e. The highest BCUT2D eigenvalue weighted by Crippen LogP contribution is 2.23. The van der Waals surface area contributed by atoms with E-state index in [0.717, 1.165) is 24.2 Å². The number of esters is 1. The molecule has 0 bridgehead atoms. The number of carbonyl (C=O) groups is 2. The lowest BCUT2D eigenvalue weighted by Crippen LogP contribution is -2.26. The lowest BCUT2D eigenvalue weighted by atomic mass is 10.1. The van der Waals surface area contributed by atoms with Gasteiger partial charge in [0.1, 0.15) is 0 Å². The van der Waals surface area contributed by atoms with E-state index in [9.17, 15) is 9.59 Å². The first-order valence-electron chi connectivity index (χ1n) is 8.14. The Hall–Kier alpha value is -2.01. The molecule has 2 rings (SSSR count). The summed E-state index contributed by atoms with van der Waals surface area (Å²) >= 11 is 1.55. The van der Waals surface area contributed by atoms with Crippen molar-refractivity contribution in [2.45, 2.75) is 30.6 Å². The molecule has 0 atom stereocenters. The third-order valence-corrected chi connectivity index (χ3v) is 4.69. The number of hydrogen-bond acceptors (Lipinski definition) is 4. The number of hydrogen-bond donors (Lipinski definition) is 1. The molecule has 0 saturated carbocycles. The number of ether oxygens (including phenoxy) is 1. The molecule has 2 aromatic rings. The van der Waals surface area contributed by atoms with E-state index in [1.54, 1.807) is 11.8 Å². The number of thioether (sulfide) groups is 1. The van der Waals surface area contributed by atoms with Gasteiger partial charge in [-0.1, -0.05) is 36.8 Å². The molecule has 0 fully saturated rings. The van der Waals surface area contributed by atoms with Gasteiger partial charge in [0, 0.05) is 17.9 Å². The maximum Gasteiger partial charge on any atom is 0.305 e. The van der Waals surface area contributed by atoms with Gasteiger partial charge in [-0.15, -0.1) is 11.8 Å². The number of amides is 1. The molecule has 0 spiro atoms. The zero-order valence-corrected chi connectivity index (χ0v) is 14.7. The lowest BCUT2D eigenvalue weighted by Gasteiger charge is -2.06. The molecule has 128 valence electrons. The average Bonchev–Trinajstić information content (AvgIpc) is 2.62. The molecular weight excluding hydrogens is 322 g/mol. The van der Waals surface area contributed by atoms with E-state index in [1.807, 2.05) is 18.2 Å². The minimum atomic E-state index is -0.175. The molecule has 0 radical (unpaired) electrons. The normalized spacial score (nSPS) is 10.5. The average molecular weight is 345 g/mol. The lowest BCUT2D eigenvalue weighted by molar-refractivity contribution is -0.140. The molecule has 5 heteroatoms. The number of benzene rings is 2. The van der Waals surface area contributed by atoms with Crippen molar-refractivity contribution < 1.29 is 14.3 Å². The van der Waals surface area contributed by atoms with Crippen molar-refractivity contribution in [3.8, 4) is 0 Å². The van der Waals surface area contributed by atoms with Crippen LogP contribution in [-0.2, 0) is 14.3 Å². The fourth-order valence-electron chi connectivity index (χ4n) is 2.36. The second-order valence-corrected chi connectivity index (χ2v) is 6.58. The van der Waals surface area contributed by atoms with Crippen LogP contribution in [0.25, 0.3) is 10.8 Å². The predicted molar refractivity (Wildman–Crippen MR) is 98.2 cm³/mol. The molecule has 4 nitrogen and oxygen atoms in total. The Balaban J connectivity index is 1.63. The Bertz CT molecular complexity index is 687. The summed E-state index contributed by atoms with van der Waals surface area (Å²) in [5.41, 5.74) is 0. The van der Waals surface area contributed by atoms with Crippen LogP contribution < -0.4 is 5.32 Å². The zero-order valence-electron chi connectivity index (χ0n) is 13.9. The van der Waals surface area contributed by atoms with Crippen LogP contribution in [-0.4, -0.2) is 31.3 Å². The highest BCUT2D eigenvalue weighted by Gasteiger charge is 2.04. The van der Waals surface area contributed by atoms with Gasteiger partial charge >= 0.3 is 5.97 Å². The van der Waals surface area contributed by atoms with E-state index in [1.165, 1.54) is 17.9 Å². The van der Waals surface area contributed by atoms with Crippen LogP contribution in [0, 0.1) is 0 Å². The van der Waals surface area contributed by atoms with E-state index >= 15 is 0 Å². The summed E-state index contributed by atoms with van der Waals surface area (Å²) in [6, 6.07) is 14.4. The zero-order chi connectivity index (χ0) is 17.2.